The van der Waals surface area contributed by atoms with Gasteiger partial charge in [-0.25, -0.2) is 0 Å². The highest BCUT2D eigenvalue weighted by atomic mass is 16.3. The van der Waals surface area contributed by atoms with Crippen molar-refractivity contribution in [3.63, 3.8) is 0 Å². The molecule has 0 aromatic heterocycles. The van der Waals surface area contributed by atoms with Crippen LogP contribution in [0.25, 0.3) is 0 Å². The summed E-state index contributed by atoms with van der Waals surface area (Å²) in [6, 6.07) is 0. The predicted octanol–water partition coefficient (Wildman–Crippen LogP) is -5.23. The number of hydrogen-bond acceptors (Lipinski definition) is 10. The molecule has 0 saturated carbocycles. The second kappa shape index (κ2) is 10.3. The monoisotopic (exact) mass is 383 g/mol. The fourth-order valence-corrected chi connectivity index (χ4v) is 2.46. The highest BCUT2D eigenvalue weighted by molar-refractivity contribution is 5.95. The molecule has 0 aliphatic carbocycles. The summed E-state index contributed by atoms with van der Waals surface area (Å²) in [5.74, 6) is -1.23. The third-order valence-corrected chi connectivity index (χ3v) is 4.72. The van der Waals surface area contributed by atoms with Crippen LogP contribution in [0.5, 0.6) is 0 Å². The van der Waals surface area contributed by atoms with E-state index in [9.17, 15) is 50.8 Å². The van der Waals surface area contributed by atoms with E-state index < -0.39 is 87.4 Å². The summed E-state index contributed by atoms with van der Waals surface area (Å²) in [5, 5.41) is 86.4. The molecular weight excluding hydrogens is 354 g/mol. The van der Waals surface area contributed by atoms with Gasteiger partial charge in [0.1, 0.15) is 11.1 Å². The zero-order chi connectivity index (χ0) is 20.6. The molecule has 9 N–H and O–H groups in total. The Kier molecular flexibility index (Phi) is 9.80. The number of aliphatic hydroxyl groups excluding tert-OH is 9. The first-order valence-electron chi connectivity index (χ1n) is 7.76. The maximum atomic E-state index is 13.0. The van der Waals surface area contributed by atoms with Crippen LogP contribution in [-0.4, -0.2) is 127 Å². The first-order valence-corrected chi connectivity index (χ1v) is 7.76. The lowest BCUT2D eigenvalue weighted by molar-refractivity contribution is -0.173. The minimum atomic E-state index is -2.14. The Balaban J connectivity index is 6.51. The summed E-state index contributed by atoms with van der Waals surface area (Å²) >= 11 is 0. The van der Waals surface area contributed by atoms with Crippen LogP contribution in [-0.2, 0) is 4.79 Å². The van der Waals surface area contributed by atoms with Crippen molar-refractivity contribution in [1.82, 2.24) is 4.90 Å². The van der Waals surface area contributed by atoms with E-state index in [1.54, 1.807) is 0 Å². The summed E-state index contributed by atoms with van der Waals surface area (Å²) in [6.07, 6.45) is 0. The van der Waals surface area contributed by atoms with Crippen LogP contribution in [0.1, 0.15) is 0 Å². The van der Waals surface area contributed by atoms with Gasteiger partial charge in [0, 0.05) is 5.57 Å². The van der Waals surface area contributed by atoms with Crippen molar-refractivity contribution < 1.29 is 50.8 Å². The average molecular weight is 383 g/mol. The van der Waals surface area contributed by atoms with Gasteiger partial charge in [-0.3, -0.25) is 4.79 Å². The van der Waals surface area contributed by atoms with Crippen molar-refractivity contribution in [3.8, 4) is 0 Å². The highest BCUT2D eigenvalue weighted by Gasteiger charge is 2.53. The highest BCUT2D eigenvalue weighted by Crippen LogP contribution is 2.33. The molecule has 26 heavy (non-hydrogen) atoms. The van der Waals surface area contributed by atoms with Gasteiger partial charge in [-0.05, 0) is 0 Å². The van der Waals surface area contributed by atoms with Gasteiger partial charge in [-0.1, -0.05) is 6.58 Å². The number of amides is 1. The standard InChI is InChI=1S/C15H29NO10/c1-11(13(2-17,3-18)4-19)12(26)16(14(5-20,6-21)7-22)15(8-23,9-24)10-25/h17-25H,1-10H2. The SMILES string of the molecule is C=C(C(=O)N(C(CO)(CO)CO)C(CO)(CO)CO)C(CO)(CO)CO. The van der Waals surface area contributed by atoms with Crippen LogP contribution < -0.4 is 0 Å². The zero-order valence-corrected chi connectivity index (χ0v) is 14.5. The molecule has 0 saturated heterocycles. The molecule has 0 aliphatic heterocycles. The van der Waals surface area contributed by atoms with Gasteiger partial charge in [0.05, 0.1) is 64.9 Å². The lowest BCUT2D eigenvalue weighted by Crippen LogP contribution is -2.72. The van der Waals surface area contributed by atoms with Gasteiger partial charge in [-0.2, -0.15) is 0 Å². The molecule has 0 atom stereocenters. The number of nitrogens with zero attached hydrogens (tertiary/aromatic N) is 1. The number of carbonyl (C=O) groups excluding carboxylic acids is 1. The minimum absolute atomic E-state index is 0.484. The van der Waals surface area contributed by atoms with Gasteiger partial charge >= 0.3 is 0 Å². The van der Waals surface area contributed by atoms with E-state index >= 15 is 0 Å². The number of aliphatic hydroxyl groups is 9. The molecule has 0 fully saturated rings. The molecule has 11 heteroatoms. The fraction of sp³-hybridized carbons (Fsp3) is 0.800. The van der Waals surface area contributed by atoms with Gasteiger partial charge in [0.25, 0.3) is 5.91 Å². The second-order valence-corrected chi connectivity index (χ2v) is 6.27. The van der Waals surface area contributed by atoms with E-state index in [0.717, 1.165) is 0 Å². The quantitative estimate of drug-likeness (QED) is 0.138. The summed E-state index contributed by atoms with van der Waals surface area (Å²) < 4.78 is 0. The van der Waals surface area contributed by atoms with Crippen LogP contribution in [0.4, 0.5) is 0 Å². The summed E-state index contributed by atoms with van der Waals surface area (Å²) in [5.41, 5.74) is -6.75. The Labute approximate surface area is 150 Å². The average Bonchev–Trinajstić information content (AvgIpc) is 2.70. The van der Waals surface area contributed by atoms with Gasteiger partial charge in [-0.15, -0.1) is 0 Å². The van der Waals surface area contributed by atoms with Gasteiger partial charge in [0.15, 0.2) is 0 Å². The number of carbonyl (C=O) groups is 1. The molecule has 0 aromatic carbocycles. The normalized spacial score (nSPS) is 13.0. The molecule has 0 heterocycles. The van der Waals surface area contributed by atoms with Gasteiger partial charge < -0.3 is 50.9 Å². The van der Waals surface area contributed by atoms with E-state index in [0.29, 0.717) is 4.90 Å². The summed E-state index contributed by atoms with van der Waals surface area (Å²) in [7, 11) is 0. The van der Waals surface area contributed by atoms with Crippen LogP contribution in [0, 0.1) is 5.41 Å². The third-order valence-electron chi connectivity index (χ3n) is 4.72. The molecule has 0 radical (unpaired) electrons. The molecule has 11 nitrogen and oxygen atoms in total. The molecule has 0 rings (SSSR count). The van der Waals surface area contributed by atoms with Crippen LogP contribution in [0.2, 0.25) is 0 Å². The molecule has 1 amide bonds. The summed E-state index contributed by atoms with van der Waals surface area (Å²) in [4.78, 5) is 13.5. The zero-order valence-electron chi connectivity index (χ0n) is 14.5. The van der Waals surface area contributed by atoms with E-state index in [4.69, 9.17) is 0 Å². The Hall–Kier alpha value is -1.15. The molecule has 0 aromatic rings. The van der Waals surface area contributed by atoms with Crippen molar-refractivity contribution >= 4 is 5.91 Å². The molecule has 154 valence electrons. The molecule has 0 bridgehead atoms. The van der Waals surface area contributed by atoms with E-state index in [2.05, 4.69) is 6.58 Å². The van der Waals surface area contributed by atoms with E-state index in [1.165, 1.54) is 0 Å². The summed E-state index contributed by atoms with van der Waals surface area (Å²) in [6.45, 7) is -5.39. The lowest BCUT2D eigenvalue weighted by atomic mass is 9.80. The first kappa shape index (κ1) is 24.8. The maximum Gasteiger partial charge on any atom is 0.251 e. The Morgan fingerprint density at radius 2 is 0.885 bits per heavy atom. The van der Waals surface area contributed by atoms with Gasteiger partial charge in [0.2, 0.25) is 0 Å². The number of hydrogen-bond donors (Lipinski definition) is 9. The van der Waals surface area contributed by atoms with Crippen molar-refractivity contribution in [2.45, 2.75) is 11.1 Å². The lowest BCUT2D eigenvalue weighted by Gasteiger charge is -2.51. The largest absolute Gasteiger partial charge is 0.395 e. The van der Waals surface area contributed by atoms with Crippen molar-refractivity contribution in [1.29, 1.82) is 0 Å². The minimum Gasteiger partial charge on any atom is -0.395 e. The molecule has 0 spiro atoms. The van der Waals surface area contributed by atoms with Crippen LogP contribution in [0.15, 0.2) is 12.2 Å². The second-order valence-electron chi connectivity index (χ2n) is 6.27. The molecule has 0 aliphatic rings. The topological polar surface area (TPSA) is 202 Å². The number of rotatable bonds is 13. The Morgan fingerprint density at radius 1 is 0.615 bits per heavy atom. The molecular formula is C15H29NO10. The third kappa shape index (κ3) is 4.06. The van der Waals surface area contributed by atoms with Crippen molar-refractivity contribution in [3.05, 3.63) is 12.2 Å². The predicted molar refractivity (Wildman–Crippen MR) is 87.7 cm³/mol. The van der Waals surface area contributed by atoms with E-state index in [-0.39, 0.29) is 0 Å². The van der Waals surface area contributed by atoms with Crippen LogP contribution in [0.3, 0.4) is 0 Å². The Bertz CT molecular complexity index is 413. The van der Waals surface area contributed by atoms with E-state index in [1.807, 2.05) is 0 Å². The maximum absolute atomic E-state index is 13.0. The smallest absolute Gasteiger partial charge is 0.251 e. The fourth-order valence-electron chi connectivity index (χ4n) is 2.46. The Morgan fingerprint density at radius 3 is 1.08 bits per heavy atom. The molecule has 0 unspecified atom stereocenters. The van der Waals surface area contributed by atoms with Crippen molar-refractivity contribution in [2.75, 3.05) is 59.5 Å². The van der Waals surface area contributed by atoms with Crippen LogP contribution >= 0.6 is 0 Å². The first-order chi connectivity index (χ1) is 12.2. The van der Waals surface area contributed by atoms with Crippen molar-refractivity contribution in [2.24, 2.45) is 5.41 Å².